The Balaban J connectivity index is 2.85. The van der Waals surface area contributed by atoms with Crippen LogP contribution in [0.3, 0.4) is 0 Å². The molecule has 0 radical (unpaired) electrons. The molecule has 1 atom stereocenters. The Kier molecular flexibility index (Phi) is 5.43. The molecule has 0 saturated carbocycles. The van der Waals surface area contributed by atoms with Gasteiger partial charge in [0.05, 0.1) is 24.2 Å². The van der Waals surface area contributed by atoms with E-state index >= 15 is 0 Å². The van der Waals surface area contributed by atoms with E-state index in [0.717, 1.165) is 0 Å². The quantitative estimate of drug-likeness (QED) is 0.598. The van der Waals surface area contributed by atoms with E-state index in [2.05, 4.69) is 0 Å². The van der Waals surface area contributed by atoms with E-state index in [-0.39, 0.29) is 23.6 Å². The smallest absolute Gasteiger partial charge is 0.304 e. The zero-order valence-electron chi connectivity index (χ0n) is 10.2. The van der Waals surface area contributed by atoms with Gasteiger partial charge in [0.1, 0.15) is 5.75 Å². The largest absolute Gasteiger partial charge is 0.496 e. The normalized spacial score (nSPS) is 11.8. The van der Waals surface area contributed by atoms with Crippen molar-refractivity contribution in [1.29, 1.82) is 0 Å². The summed E-state index contributed by atoms with van der Waals surface area (Å²) < 4.78 is 16.7. The molecule has 8 heteroatoms. The van der Waals surface area contributed by atoms with E-state index in [1.165, 1.54) is 25.3 Å². The van der Waals surface area contributed by atoms with Crippen molar-refractivity contribution in [2.75, 3.05) is 12.9 Å². The van der Waals surface area contributed by atoms with E-state index in [4.69, 9.17) is 9.84 Å². The predicted octanol–water partition coefficient (Wildman–Crippen LogP) is 1.33. The molecule has 0 aromatic heterocycles. The number of non-ortho nitro benzene ring substituents is 1. The first-order valence-electron chi connectivity index (χ1n) is 5.32. The number of ether oxygens (including phenoxy) is 1. The van der Waals surface area contributed by atoms with Gasteiger partial charge in [0.2, 0.25) is 0 Å². The van der Waals surface area contributed by atoms with Gasteiger partial charge in [-0.3, -0.25) is 19.1 Å². The van der Waals surface area contributed by atoms with Crippen molar-refractivity contribution in [1.82, 2.24) is 0 Å². The molecule has 0 fully saturated rings. The molecule has 0 bridgehead atoms. The van der Waals surface area contributed by atoms with Crippen molar-refractivity contribution >= 4 is 22.5 Å². The first-order valence-corrected chi connectivity index (χ1v) is 6.81. The molecule has 0 aliphatic heterocycles. The fourth-order valence-corrected chi connectivity index (χ4v) is 2.56. The van der Waals surface area contributed by atoms with Crippen molar-refractivity contribution in [3.05, 3.63) is 33.9 Å². The fourth-order valence-electron chi connectivity index (χ4n) is 1.44. The zero-order valence-corrected chi connectivity index (χ0v) is 11.0. The third-order valence-electron chi connectivity index (χ3n) is 2.33. The Hall–Kier alpha value is -1.96. The molecule has 0 spiro atoms. The van der Waals surface area contributed by atoms with Gasteiger partial charge in [0, 0.05) is 34.2 Å². The first-order chi connectivity index (χ1) is 8.93. The topological polar surface area (TPSA) is 107 Å². The SMILES string of the molecule is COc1ccc([N+](=O)[O-])cc1CS(=O)CCC(=O)O. The third kappa shape index (κ3) is 4.66. The molecule has 1 N–H and O–H groups in total. The number of carboxylic acid groups (broad SMARTS) is 1. The Morgan fingerprint density at radius 1 is 1.53 bits per heavy atom. The number of nitro groups is 1. The van der Waals surface area contributed by atoms with Crippen LogP contribution >= 0.6 is 0 Å². The minimum absolute atomic E-state index is 0.00117. The van der Waals surface area contributed by atoms with Crippen LogP contribution in [0, 0.1) is 10.1 Å². The highest BCUT2D eigenvalue weighted by molar-refractivity contribution is 7.84. The summed E-state index contributed by atoms with van der Waals surface area (Å²) in [6.45, 7) is 0. The van der Waals surface area contributed by atoms with Crippen LogP contribution in [0.5, 0.6) is 5.75 Å². The molecule has 7 nitrogen and oxygen atoms in total. The minimum Gasteiger partial charge on any atom is -0.496 e. The monoisotopic (exact) mass is 287 g/mol. The van der Waals surface area contributed by atoms with Crippen LogP contribution < -0.4 is 4.74 Å². The summed E-state index contributed by atoms with van der Waals surface area (Å²) in [5.74, 6) is -0.604. The van der Waals surface area contributed by atoms with Crippen LogP contribution in [-0.2, 0) is 21.3 Å². The average molecular weight is 287 g/mol. The Morgan fingerprint density at radius 3 is 2.74 bits per heavy atom. The summed E-state index contributed by atoms with van der Waals surface area (Å²) in [7, 11) is -0.000814. The van der Waals surface area contributed by atoms with E-state index in [0.29, 0.717) is 11.3 Å². The van der Waals surface area contributed by atoms with Gasteiger partial charge in [-0.25, -0.2) is 0 Å². The molecule has 0 aliphatic carbocycles. The minimum atomic E-state index is -1.41. The maximum Gasteiger partial charge on any atom is 0.304 e. The van der Waals surface area contributed by atoms with E-state index in [1.807, 2.05) is 0 Å². The van der Waals surface area contributed by atoms with Crippen molar-refractivity contribution in [2.45, 2.75) is 12.2 Å². The highest BCUT2D eigenvalue weighted by Gasteiger charge is 2.14. The number of carbonyl (C=O) groups is 1. The second-order valence-electron chi connectivity index (χ2n) is 3.69. The highest BCUT2D eigenvalue weighted by atomic mass is 32.2. The molecule has 0 saturated heterocycles. The molecule has 0 amide bonds. The fraction of sp³-hybridized carbons (Fsp3) is 0.364. The lowest BCUT2D eigenvalue weighted by molar-refractivity contribution is -0.384. The van der Waals surface area contributed by atoms with Gasteiger partial charge in [-0.15, -0.1) is 0 Å². The molecule has 1 unspecified atom stereocenters. The summed E-state index contributed by atoms with van der Waals surface area (Å²) in [6.07, 6.45) is -0.205. The number of hydrogen-bond donors (Lipinski definition) is 1. The Bertz CT molecular complexity index is 516. The molecular formula is C11H13NO6S. The third-order valence-corrected chi connectivity index (χ3v) is 3.63. The van der Waals surface area contributed by atoms with Crippen molar-refractivity contribution in [3.63, 3.8) is 0 Å². The number of methoxy groups -OCH3 is 1. The van der Waals surface area contributed by atoms with E-state index < -0.39 is 21.7 Å². The van der Waals surface area contributed by atoms with Gasteiger partial charge >= 0.3 is 5.97 Å². The molecule has 19 heavy (non-hydrogen) atoms. The van der Waals surface area contributed by atoms with Gasteiger partial charge < -0.3 is 9.84 Å². The van der Waals surface area contributed by atoms with Crippen LogP contribution in [0.15, 0.2) is 18.2 Å². The molecule has 104 valence electrons. The van der Waals surface area contributed by atoms with E-state index in [1.54, 1.807) is 0 Å². The maximum absolute atomic E-state index is 11.7. The van der Waals surface area contributed by atoms with Gasteiger partial charge in [-0.2, -0.15) is 0 Å². The van der Waals surface area contributed by atoms with Crippen molar-refractivity contribution in [3.8, 4) is 5.75 Å². The lowest BCUT2D eigenvalue weighted by Gasteiger charge is -2.07. The van der Waals surface area contributed by atoms with Crippen LogP contribution in [0.1, 0.15) is 12.0 Å². The summed E-state index contributed by atoms with van der Waals surface area (Å²) in [4.78, 5) is 20.5. The van der Waals surface area contributed by atoms with Gasteiger partial charge in [-0.05, 0) is 6.07 Å². The standard InChI is InChI=1S/C11H13NO6S/c1-18-10-3-2-9(12(15)16)6-8(10)7-19(17)5-4-11(13)14/h2-3,6H,4-5,7H2,1H3,(H,13,14). The van der Waals surface area contributed by atoms with Gasteiger partial charge in [0.25, 0.3) is 5.69 Å². The molecule has 0 heterocycles. The number of hydrogen-bond acceptors (Lipinski definition) is 5. The van der Waals surface area contributed by atoms with Crippen molar-refractivity contribution in [2.24, 2.45) is 0 Å². The van der Waals surface area contributed by atoms with Crippen LogP contribution in [0.4, 0.5) is 5.69 Å². The second kappa shape index (κ2) is 6.83. The number of nitro benzene ring substituents is 1. The predicted molar refractivity (Wildman–Crippen MR) is 68.6 cm³/mol. The summed E-state index contributed by atoms with van der Waals surface area (Å²) >= 11 is 0. The molecule has 1 aromatic rings. The van der Waals surface area contributed by atoms with E-state index in [9.17, 15) is 19.1 Å². The number of carboxylic acids is 1. The summed E-state index contributed by atoms with van der Waals surface area (Å²) in [6, 6.07) is 4.02. The van der Waals surface area contributed by atoms with Crippen molar-refractivity contribution < 1.29 is 23.8 Å². The zero-order chi connectivity index (χ0) is 14.4. The summed E-state index contributed by atoms with van der Waals surface area (Å²) in [5, 5.41) is 19.2. The number of rotatable bonds is 7. The van der Waals surface area contributed by atoms with Crippen LogP contribution in [0.2, 0.25) is 0 Å². The molecule has 0 aliphatic rings. The highest BCUT2D eigenvalue weighted by Crippen LogP contribution is 2.25. The summed E-state index contributed by atoms with van der Waals surface area (Å²) in [5.41, 5.74) is 0.312. The van der Waals surface area contributed by atoms with Crippen LogP contribution in [-0.4, -0.2) is 33.1 Å². The number of aliphatic carboxylic acids is 1. The lowest BCUT2D eigenvalue weighted by atomic mass is 10.2. The van der Waals surface area contributed by atoms with Gasteiger partial charge in [-0.1, -0.05) is 0 Å². The number of nitrogens with zero attached hydrogens (tertiary/aromatic N) is 1. The Morgan fingerprint density at radius 2 is 2.21 bits per heavy atom. The average Bonchev–Trinajstić information content (AvgIpc) is 2.36. The first kappa shape index (κ1) is 15.1. The second-order valence-corrected chi connectivity index (χ2v) is 5.26. The van der Waals surface area contributed by atoms with Crippen LogP contribution in [0.25, 0.3) is 0 Å². The molecule has 1 rings (SSSR count). The molecular weight excluding hydrogens is 274 g/mol. The lowest BCUT2D eigenvalue weighted by Crippen LogP contribution is -2.07. The molecule has 1 aromatic carbocycles. The Labute approximate surface area is 111 Å². The maximum atomic E-state index is 11.7. The number of benzene rings is 1. The van der Waals surface area contributed by atoms with Gasteiger partial charge in [0.15, 0.2) is 0 Å².